The number of aliphatic imine (C=N–C) groups is 1. The highest BCUT2D eigenvalue weighted by Gasteiger charge is 2.49. The predicted molar refractivity (Wildman–Crippen MR) is 90.5 cm³/mol. The lowest BCUT2D eigenvalue weighted by molar-refractivity contribution is -0.117. The average molecular weight is 359 g/mol. The molecule has 0 radical (unpaired) electrons. The van der Waals surface area contributed by atoms with Crippen LogP contribution in [0, 0.1) is 0 Å². The number of hydrogen-bond donors (Lipinski definition) is 0. The van der Waals surface area contributed by atoms with Gasteiger partial charge in [-0.15, -0.1) is 0 Å². The molecular weight excluding hydrogens is 344 g/mol. The molecule has 0 aliphatic carbocycles. The van der Waals surface area contributed by atoms with Gasteiger partial charge in [-0.3, -0.25) is 4.79 Å². The van der Waals surface area contributed by atoms with Crippen molar-refractivity contribution in [3.63, 3.8) is 0 Å². The maximum atomic E-state index is 11.9. The Balaban J connectivity index is 2.03. The van der Waals surface area contributed by atoms with Gasteiger partial charge >= 0.3 is 0 Å². The zero-order valence-corrected chi connectivity index (χ0v) is 14.3. The van der Waals surface area contributed by atoms with Crippen LogP contribution >= 0.6 is 23.4 Å². The number of nitrogens with zero attached hydrogens (tertiary/aromatic N) is 2. The summed E-state index contributed by atoms with van der Waals surface area (Å²) in [5.74, 6) is -0.00716. The summed E-state index contributed by atoms with van der Waals surface area (Å²) in [5, 5.41) is 1.04. The van der Waals surface area contributed by atoms with Crippen molar-refractivity contribution in [1.82, 2.24) is 0 Å². The Morgan fingerprint density at radius 2 is 2.23 bits per heavy atom. The molecule has 22 heavy (non-hydrogen) atoms. The van der Waals surface area contributed by atoms with E-state index in [-0.39, 0.29) is 28.7 Å². The van der Waals surface area contributed by atoms with Crippen LogP contribution in [0.5, 0.6) is 0 Å². The molecule has 1 aromatic carbocycles. The summed E-state index contributed by atoms with van der Waals surface area (Å²) in [7, 11) is -3.05. The van der Waals surface area contributed by atoms with E-state index in [9.17, 15) is 13.2 Å². The average Bonchev–Trinajstić information content (AvgIpc) is 2.89. The van der Waals surface area contributed by atoms with Gasteiger partial charge in [0.1, 0.15) is 0 Å². The molecule has 5 nitrogen and oxygen atoms in total. The van der Waals surface area contributed by atoms with E-state index in [4.69, 9.17) is 11.6 Å². The van der Waals surface area contributed by atoms with E-state index in [2.05, 4.69) is 4.99 Å². The lowest BCUT2D eigenvalue weighted by Gasteiger charge is -2.24. The van der Waals surface area contributed by atoms with Gasteiger partial charge in [-0.25, -0.2) is 8.42 Å². The number of sulfone groups is 1. The molecule has 0 unspecified atom stereocenters. The largest absolute Gasteiger partial charge is 0.316 e. The summed E-state index contributed by atoms with van der Waals surface area (Å²) in [4.78, 5) is 17.7. The number of rotatable bonds is 2. The molecule has 0 N–H and O–H groups in total. The van der Waals surface area contributed by atoms with E-state index < -0.39 is 9.84 Å². The summed E-state index contributed by atoms with van der Waals surface area (Å²) in [6.07, 6.45) is 0.321. The van der Waals surface area contributed by atoms with E-state index in [0.717, 1.165) is 5.69 Å². The summed E-state index contributed by atoms with van der Waals surface area (Å²) in [6, 6.07) is 6.98. The number of amidine groups is 1. The van der Waals surface area contributed by atoms with Crippen molar-refractivity contribution in [2.45, 2.75) is 24.6 Å². The quantitative estimate of drug-likeness (QED) is 0.811. The summed E-state index contributed by atoms with van der Waals surface area (Å²) < 4.78 is 23.8. The number of carbonyl (C=O) groups is 1. The van der Waals surface area contributed by atoms with Crippen molar-refractivity contribution in [3.05, 3.63) is 29.3 Å². The molecule has 1 amide bonds. The summed E-state index contributed by atoms with van der Waals surface area (Å²) in [6.45, 7) is 1.75. The van der Waals surface area contributed by atoms with Gasteiger partial charge < -0.3 is 4.90 Å². The second-order valence-electron chi connectivity index (χ2n) is 5.29. The van der Waals surface area contributed by atoms with Crippen LogP contribution in [0.25, 0.3) is 0 Å². The molecule has 2 aliphatic heterocycles. The number of hydrogen-bond acceptors (Lipinski definition) is 4. The van der Waals surface area contributed by atoms with Gasteiger partial charge in [0.2, 0.25) is 5.91 Å². The third-order valence-corrected chi connectivity index (χ3v) is 7.12. The van der Waals surface area contributed by atoms with Crippen molar-refractivity contribution in [1.29, 1.82) is 0 Å². The molecule has 3 rings (SSSR count). The van der Waals surface area contributed by atoms with Crippen molar-refractivity contribution in [2.75, 3.05) is 16.4 Å². The van der Waals surface area contributed by atoms with Gasteiger partial charge in [0.25, 0.3) is 0 Å². The van der Waals surface area contributed by atoms with Crippen LogP contribution in [0.15, 0.2) is 29.3 Å². The van der Waals surface area contributed by atoms with E-state index in [0.29, 0.717) is 16.6 Å². The number of benzene rings is 1. The second kappa shape index (κ2) is 5.86. The molecule has 0 saturated carbocycles. The Morgan fingerprint density at radius 3 is 2.91 bits per heavy atom. The molecule has 0 spiro atoms. The molecule has 2 atom stereocenters. The smallest absolute Gasteiger partial charge is 0.247 e. The predicted octanol–water partition coefficient (Wildman–Crippen LogP) is 2.35. The molecule has 0 aromatic heterocycles. The number of carbonyl (C=O) groups excluding carboxylic acids is 1. The number of fused-ring (bicyclic) bond motifs is 1. The highest BCUT2D eigenvalue weighted by molar-refractivity contribution is 8.16. The monoisotopic (exact) mass is 358 g/mol. The summed E-state index contributed by atoms with van der Waals surface area (Å²) in [5.41, 5.74) is 0.771. The molecule has 2 heterocycles. The maximum absolute atomic E-state index is 11.9. The topological polar surface area (TPSA) is 66.8 Å². The fraction of sp³-hybridized carbons (Fsp3) is 0.429. The van der Waals surface area contributed by atoms with Gasteiger partial charge in [0.15, 0.2) is 15.0 Å². The van der Waals surface area contributed by atoms with E-state index in [1.807, 2.05) is 11.0 Å². The van der Waals surface area contributed by atoms with Crippen LogP contribution in [0.3, 0.4) is 0 Å². The first-order valence-corrected chi connectivity index (χ1v) is 10.0. The minimum atomic E-state index is -3.05. The lowest BCUT2D eigenvalue weighted by atomic mass is 10.2. The van der Waals surface area contributed by atoms with Gasteiger partial charge in [0, 0.05) is 22.4 Å². The number of amides is 1. The van der Waals surface area contributed by atoms with Gasteiger partial charge in [0.05, 0.1) is 17.5 Å². The normalized spacial score (nSPS) is 28.1. The zero-order chi connectivity index (χ0) is 15.9. The van der Waals surface area contributed by atoms with Crippen LogP contribution in [-0.2, 0) is 14.6 Å². The van der Waals surface area contributed by atoms with Crippen LogP contribution in [0.4, 0.5) is 5.69 Å². The minimum absolute atomic E-state index is 0.0799. The molecule has 118 valence electrons. The Hall–Kier alpha value is -1.05. The molecule has 2 saturated heterocycles. The van der Waals surface area contributed by atoms with Crippen molar-refractivity contribution in [3.8, 4) is 0 Å². The number of thioether (sulfide) groups is 1. The highest BCUT2D eigenvalue weighted by Crippen LogP contribution is 2.41. The second-order valence-corrected chi connectivity index (χ2v) is 9.09. The Bertz CT molecular complexity index is 748. The first kappa shape index (κ1) is 15.8. The third-order valence-electron chi connectivity index (χ3n) is 3.68. The van der Waals surface area contributed by atoms with Gasteiger partial charge in [-0.2, -0.15) is 4.99 Å². The van der Waals surface area contributed by atoms with E-state index >= 15 is 0 Å². The highest BCUT2D eigenvalue weighted by atomic mass is 35.5. The molecule has 1 aromatic rings. The van der Waals surface area contributed by atoms with Crippen LogP contribution in [0.1, 0.15) is 13.3 Å². The maximum Gasteiger partial charge on any atom is 0.247 e. The van der Waals surface area contributed by atoms with Crippen LogP contribution in [-0.4, -0.2) is 42.3 Å². The van der Waals surface area contributed by atoms with Crippen molar-refractivity contribution >= 4 is 50.0 Å². The minimum Gasteiger partial charge on any atom is -0.316 e. The van der Waals surface area contributed by atoms with Crippen molar-refractivity contribution < 1.29 is 13.2 Å². The lowest BCUT2D eigenvalue weighted by Crippen LogP contribution is -2.37. The summed E-state index contributed by atoms with van der Waals surface area (Å²) >= 11 is 7.41. The standard InChI is InChI=1S/C14H15ClN2O3S2/c1-2-13(18)16-14-17(10-5-3-4-9(15)6-10)11-7-22(19,20)8-12(11)21-14/h3-6,11-12H,2,7-8H2,1H3/t11-,12+/m1/s1. The molecule has 8 heteroatoms. The molecule has 0 bridgehead atoms. The van der Waals surface area contributed by atoms with E-state index in [1.54, 1.807) is 25.1 Å². The van der Waals surface area contributed by atoms with E-state index in [1.165, 1.54) is 11.8 Å². The Labute approximate surface area is 138 Å². The SMILES string of the molecule is CCC(=O)N=C1S[C@H]2CS(=O)(=O)C[C@H]2N1c1cccc(Cl)c1. The first-order chi connectivity index (χ1) is 10.4. The van der Waals surface area contributed by atoms with Crippen LogP contribution in [0.2, 0.25) is 5.02 Å². The first-order valence-electron chi connectivity index (χ1n) is 6.93. The third kappa shape index (κ3) is 3.02. The molecular formula is C14H15ClN2O3S2. The number of halogens is 1. The molecule has 2 aliphatic rings. The zero-order valence-electron chi connectivity index (χ0n) is 11.9. The Morgan fingerprint density at radius 1 is 1.45 bits per heavy atom. The Kier molecular flexibility index (Phi) is 4.22. The van der Waals surface area contributed by atoms with Crippen molar-refractivity contribution in [2.24, 2.45) is 4.99 Å². The van der Waals surface area contributed by atoms with Gasteiger partial charge in [-0.1, -0.05) is 36.4 Å². The fourth-order valence-corrected chi connectivity index (χ4v) is 6.79. The molecule has 2 fully saturated rings. The number of anilines is 1. The van der Waals surface area contributed by atoms with Crippen LogP contribution < -0.4 is 4.90 Å². The van der Waals surface area contributed by atoms with Gasteiger partial charge in [-0.05, 0) is 18.2 Å². The fourth-order valence-electron chi connectivity index (χ4n) is 2.68.